The van der Waals surface area contributed by atoms with Crippen LogP contribution in [0.4, 0.5) is 4.79 Å². The van der Waals surface area contributed by atoms with Crippen LogP contribution in [0.2, 0.25) is 0 Å². The van der Waals surface area contributed by atoms with E-state index in [2.05, 4.69) is 5.32 Å². The summed E-state index contributed by atoms with van der Waals surface area (Å²) in [5.74, 6) is 1.08. The van der Waals surface area contributed by atoms with Crippen LogP contribution in [0, 0.1) is 0 Å². The molecular formula is C20H30N2O5. The van der Waals surface area contributed by atoms with Gasteiger partial charge in [-0.15, -0.1) is 0 Å². The van der Waals surface area contributed by atoms with E-state index in [9.17, 15) is 9.59 Å². The van der Waals surface area contributed by atoms with Gasteiger partial charge in [-0.1, -0.05) is 6.92 Å². The van der Waals surface area contributed by atoms with Crippen LogP contribution in [-0.4, -0.2) is 55.9 Å². The number of likely N-dealkylation sites (tertiary alicyclic amines) is 1. The fourth-order valence-electron chi connectivity index (χ4n) is 2.94. The molecule has 1 aromatic carbocycles. The zero-order valence-corrected chi connectivity index (χ0v) is 16.5. The molecule has 0 unspecified atom stereocenters. The number of carbonyl (C=O) groups is 2. The molecular weight excluding hydrogens is 348 g/mol. The molecule has 0 spiro atoms. The quantitative estimate of drug-likeness (QED) is 0.751. The second-order valence-electron chi connectivity index (χ2n) is 6.38. The Bertz CT molecular complexity index is 627. The normalized spacial score (nSPS) is 14.6. The number of ether oxygens (including phenoxy) is 3. The molecule has 7 heteroatoms. The van der Waals surface area contributed by atoms with Gasteiger partial charge in [-0.2, -0.15) is 0 Å². The van der Waals surface area contributed by atoms with E-state index in [-0.39, 0.29) is 18.0 Å². The Kier molecular flexibility index (Phi) is 8.23. The van der Waals surface area contributed by atoms with Crippen LogP contribution in [0.5, 0.6) is 11.5 Å². The summed E-state index contributed by atoms with van der Waals surface area (Å²) in [5.41, 5.74) is 0.537. The summed E-state index contributed by atoms with van der Waals surface area (Å²) in [6.45, 7) is 8.36. The molecule has 0 saturated carbocycles. The average Bonchev–Trinajstić information content (AvgIpc) is 2.68. The van der Waals surface area contributed by atoms with Crippen LogP contribution in [0.15, 0.2) is 18.2 Å². The molecule has 1 heterocycles. The first-order valence-electron chi connectivity index (χ1n) is 9.71. The summed E-state index contributed by atoms with van der Waals surface area (Å²) in [5, 5.41) is 3.04. The van der Waals surface area contributed by atoms with Crippen LogP contribution in [0.25, 0.3) is 0 Å². The number of hydrogen-bond donors (Lipinski definition) is 1. The second-order valence-corrected chi connectivity index (χ2v) is 6.38. The lowest BCUT2D eigenvalue weighted by Crippen LogP contribution is -2.46. The third-order valence-electron chi connectivity index (χ3n) is 4.32. The molecule has 27 heavy (non-hydrogen) atoms. The van der Waals surface area contributed by atoms with E-state index in [1.54, 1.807) is 30.0 Å². The van der Waals surface area contributed by atoms with E-state index in [1.807, 2.05) is 13.8 Å². The van der Waals surface area contributed by atoms with Gasteiger partial charge in [-0.05, 0) is 51.3 Å². The number of hydrogen-bond acceptors (Lipinski definition) is 5. The predicted octanol–water partition coefficient (Wildman–Crippen LogP) is 3.22. The minimum absolute atomic E-state index is 0.0368. The maximum atomic E-state index is 12.6. The number of nitrogens with zero attached hydrogens (tertiary/aromatic N) is 1. The van der Waals surface area contributed by atoms with Crippen molar-refractivity contribution in [1.29, 1.82) is 0 Å². The number of carbonyl (C=O) groups excluding carboxylic acids is 2. The van der Waals surface area contributed by atoms with Crippen molar-refractivity contribution in [3.8, 4) is 11.5 Å². The molecule has 2 amide bonds. The molecule has 0 radical (unpaired) electrons. The molecule has 1 fully saturated rings. The highest BCUT2D eigenvalue weighted by Gasteiger charge is 2.25. The van der Waals surface area contributed by atoms with Crippen molar-refractivity contribution < 1.29 is 23.8 Å². The van der Waals surface area contributed by atoms with Gasteiger partial charge >= 0.3 is 6.09 Å². The summed E-state index contributed by atoms with van der Waals surface area (Å²) < 4.78 is 16.3. The highest BCUT2D eigenvalue weighted by molar-refractivity contribution is 5.95. The first-order valence-corrected chi connectivity index (χ1v) is 9.71. The van der Waals surface area contributed by atoms with Gasteiger partial charge in [-0.25, -0.2) is 4.79 Å². The minimum atomic E-state index is -0.286. The van der Waals surface area contributed by atoms with Crippen LogP contribution < -0.4 is 14.8 Å². The number of nitrogens with one attached hydrogen (secondary N) is 1. The standard InChI is InChI=1S/C20H30N2O5/c1-4-13-27-17-8-7-15(14-18(17)25-5-2)19(23)21-16-9-11-22(12-10-16)20(24)26-6-3/h7-8,14,16H,4-6,9-13H2,1-3H3,(H,21,23). The van der Waals surface area contributed by atoms with Gasteiger partial charge in [0.2, 0.25) is 0 Å². The van der Waals surface area contributed by atoms with Crippen molar-refractivity contribution in [1.82, 2.24) is 10.2 Å². The molecule has 1 aromatic rings. The summed E-state index contributed by atoms with van der Waals surface area (Å²) in [6.07, 6.45) is 2.03. The van der Waals surface area contributed by atoms with Crippen molar-refractivity contribution in [2.75, 3.05) is 32.9 Å². The lowest BCUT2D eigenvalue weighted by Gasteiger charge is -2.31. The first-order chi connectivity index (χ1) is 13.1. The van der Waals surface area contributed by atoms with Gasteiger partial charge in [-0.3, -0.25) is 4.79 Å². The second kappa shape index (κ2) is 10.6. The SMILES string of the molecule is CCCOc1ccc(C(=O)NC2CCN(C(=O)OCC)CC2)cc1OCC. The average molecular weight is 378 g/mol. The summed E-state index contributed by atoms with van der Waals surface area (Å²) >= 11 is 0. The highest BCUT2D eigenvalue weighted by Crippen LogP contribution is 2.29. The molecule has 0 aromatic heterocycles. The lowest BCUT2D eigenvalue weighted by atomic mass is 10.0. The van der Waals surface area contributed by atoms with E-state index in [0.29, 0.717) is 62.8 Å². The third-order valence-corrected chi connectivity index (χ3v) is 4.32. The molecule has 1 saturated heterocycles. The molecule has 1 N–H and O–H groups in total. The van der Waals surface area contributed by atoms with Crippen molar-refractivity contribution in [3.63, 3.8) is 0 Å². The Labute approximate surface area is 161 Å². The van der Waals surface area contributed by atoms with E-state index < -0.39 is 0 Å². The van der Waals surface area contributed by atoms with Gasteiger partial charge in [0, 0.05) is 24.7 Å². The van der Waals surface area contributed by atoms with Crippen molar-refractivity contribution in [3.05, 3.63) is 23.8 Å². The molecule has 150 valence electrons. The number of rotatable bonds is 8. The molecule has 1 aliphatic heterocycles. The third kappa shape index (κ3) is 6.05. The monoisotopic (exact) mass is 378 g/mol. The van der Waals surface area contributed by atoms with Crippen molar-refractivity contribution in [2.45, 2.75) is 46.1 Å². The molecule has 0 bridgehead atoms. The Morgan fingerprint density at radius 2 is 1.81 bits per heavy atom. The van der Waals surface area contributed by atoms with Gasteiger partial charge in [0.05, 0.1) is 19.8 Å². The fourth-order valence-corrected chi connectivity index (χ4v) is 2.94. The van der Waals surface area contributed by atoms with Gasteiger partial charge < -0.3 is 24.4 Å². The van der Waals surface area contributed by atoms with Crippen molar-refractivity contribution in [2.24, 2.45) is 0 Å². The molecule has 7 nitrogen and oxygen atoms in total. The van der Waals surface area contributed by atoms with Gasteiger partial charge in [0.15, 0.2) is 11.5 Å². The van der Waals surface area contributed by atoms with E-state index in [4.69, 9.17) is 14.2 Å². The zero-order chi connectivity index (χ0) is 19.6. The smallest absolute Gasteiger partial charge is 0.409 e. The first kappa shape index (κ1) is 20.9. The van der Waals surface area contributed by atoms with Crippen LogP contribution in [-0.2, 0) is 4.74 Å². The number of piperidine rings is 1. The summed E-state index contributed by atoms with van der Waals surface area (Å²) in [6, 6.07) is 5.28. The van der Waals surface area contributed by atoms with Crippen LogP contribution >= 0.6 is 0 Å². The minimum Gasteiger partial charge on any atom is -0.490 e. The summed E-state index contributed by atoms with van der Waals surface area (Å²) in [4.78, 5) is 26.0. The van der Waals surface area contributed by atoms with Crippen LogP contribution in [0.1, 0.15) is 50.4 Å². The van der Waals surface area contributed by atoms with Crippen LogP contribution in [0.3, 0.4) is 0 Å². The largest absolute Gasteiger partial charge is 0.490 e. The summed E-state index contributed by atoms with van der Waals surface area (Å²) in [7, 11) is 0. The Morgan fingerprint density at radius 3 is 2.44 bits per heavy atom. The highest BCUT2D eigenvalue weighted by atomic mass is 16.6. The van der Waals surface area contributed by atoms with Crippen molar-refractivity contribution >= 4 is 12.0 Å². The zero-order valence-electron chi connectivity index (χ0n) is 16.5. The Hall–Kier alpha value is -2.44. The molecule has 0 aliphatic carbocycles. The predicted molar refractivity (Wildman–Crippen MR) is 102 cm³/mol. The van der Waals surface area contributed by atoms with E-state index in [1.165, 1.54) is 0 Å². The number of amides is 2. The lowest BCUT2D eigenvalue weighted by molar-refractivity contribution is 0.0859. The Balaban J connectivity index is 1.94. The Morgan fingerprint density at radius 1 is 1.07 bits per heavy atom. The molecule has 2 rings (SSSR count). The van der Waals surface area contributed by atoms with E-state index >= 15 is 0 Å². The topological polar surface area (TPSA) is 77.1 Å². The fraction of sp³-hybridized carbons (Fsp3) is 0.600. The van der Waals surface area contributed by atoms with Gasteiger partial charge in [0.1, 0.15) is 0 Å². The van der Waals surface area contributed by atoms with Gasteiger partial charge in [0.25, 0.3) is 5.91 Å². The van der Waals surface area contributed by atoms with E-state index in [0.717, 1.165) is 6.42 Å². The molecule has 1 aliphatic rings. The maximum absolute atomic E-state index is 12.6. The molecule has 0 atom stereocenters. The maximum Gasteiger partial charge on any atom is 0.409 e. The number of benzene rings is 1.